The quantitative estimate of drug-likeness (QED) is 0.553. The molecule has 0 bridgehead atoms. The number of carbonyl (C=O) groups is 1. The van der Waals surface area contributed by atoms with E-state index in [2.05, 4.69) is 4.74 Å². The Morgan fingerprint density at radius 2 is 1.75 bits per heavy atom. The van der Waals surface area contributed by atoms with Gasteiger partial charge in [-0.1, -0.05) is 12.1 Å². The van der Waals surface area contributed by atoms with Crippen LogP contribution in [0.3, 0.4) is 0 Å². The van der Waals surface area contributed by atoms with Crippen molar-refractivity contribution in [2.75, 3.05) is 33.4 Å². The van der Waals surface area contributed by atoms with Crippen LogP contribution in [0, 0.1) is 0 Å². The molecule has 2 saturated heterocycles. The zero-order chi connectivity index (χ0) is 23.4. The standard InChI is InChI=1S/C20H26F3NO7S/c1-28-18(25)19(8-12-29-13-9-19)32(26,27)24-10-6-16(7-11-24)30-14-15-2-4-17(5-3-15)31-20(21,22)23/h2-5,16H,6-14H2,1H3. The molecule has 2 fully saturated rings. The lowest BCUT2D eigenvalue weighted by atomic mass is 9.99. The minimum absolute atomic E-state index is 0.0481. The lowest BCUT2D eigenvalue weighted by Crippen LogP contribution is -2.58. The zero-order valence-electron chi connectivity index (χ0n) is 17.6. The van der Waals surface area contributed by atoms with Gasteiger partial charge in [0.15, 0.2) is 4.75 Å². The zero-order valence-corrected chi connectivity index (χ0v) is 18.4. The van der Waals surface area contributed by atoms with Crippen LogP contribution in [0.1, 0.15) is 31.2 Å². The molecule has 0 unspecified atom stereocenters. The summed E-state index contributed by atoms with van der Waals surface area (Å²) in [5, 5.41) is 0. The SMILES string of the molecule is COC(=O)C1(S(=O)(=O)N2CCC(OCc3ccc(OC(F)(F)F)cc3)CC2)CCOCC1. The summed E-state index contributed by atoms with van der Waals surface area (Å²) in [4.78, 5) is 12.4. The van der Waals surface area contributed by atoms with E-state index in [0.29, 0.717) is 18.4 Å². The maximum Gasteiger partial charge on any atom is 0.573 e. The third-order valence-corrected chi connectivity index (χ3v) is 8.34. The molecule has 2 aliphatic rings. The van der Waals surface area contributed by atoms with Gasteiger partial charge < -0.3 is 18.9 Å². The Labute approximate surface area is 184 Å². The highest BCUT2D eigenvalue weighted by atomic mass is 32.2. The third kappa shape index (κ3) is 5.53. The minimum Gasteiger partial charge on any atom is -0.468 e. The summed E-state index contributed by atoms with van der Waals surface area (Å²) in [7, 11) is -2.77. The van der Waals surface area contributed by atoms with Crippen LogP contribution >= 0.6 is 0 Å². The van der Waals surface area contributed by atoms with Crippen LogP contribution < -0.4 is 4.74 Å². The van der Waals surface area contributed by atoms with Crippen molar-refractivity contribution in [3.63, 3.8) is 0 Å². The number of methoxy groups -OCH3 is 1. The van der Waals surface area contributed by atoms with E-state index in [1.54, 1.807) is 0 Å². The predicted molar refractivity (Wildman–Crippen MR) is 106 cm³/mol. The fraction of sp³-hybridized carbons (Fsp3) is 0.650. The third-order valence-electron chi connectivity index (χ3n) is 5.74. The van der Waals surface area contributed by atoms with Gasteiger partial charge in [-0.2, -0.15) is 0 Å². The van der Waals surface area contributed by atoms with Gasteiger partial charge in [0, 0.05) is 39.1 Å². The van der Waals surface area contributed by atoms with Gasteiger partial charge in [-0.25, -0.2) is 12.7 Å². The summed E-state index contributed by atoms with van der Waals surface area (Å²) in [6, 6.07) is 5.38. The van der Waals surface area contributed by atoms with E-state index in [0.717, 1.165) is 0 Å². The molecule has 8 nitrogen and oxygen atoms in total. The molecule has 32 heavy (non-hydrogen) atoms. The number of ether oxygens (including phenoxy) is 4. The fourth-order valence-corrected chi connectivity index (χ4v) is 6.10. The van der Waals surface area contributed by atoms with Crippen molar-refractivity contribution in [3.05, 3.63) is 29.8 Å². The minimum atomic E-state index is -4.75. The fourth-order valence-electron chi connectivity index (χ4n) is 3.94. The maximum atomic E-state index is 13.3. The van der Waals surface area contributed by atoms with Crippen LogP contribution in [0.4, 0.5) is 13.2 Å². The second-order valence-corrected chi connectivity index (χ2v) is 9.95. The van der Waals surface area contributed by atoms with Crippen molar-refractivity contribution in [1.82, 2.24) is 4.31 Å². The molecule has 0 radical (unpaired) electrons. The molecule has 3 rings (SSSR count). The first-order valence-electron chi connectivity index (χ1n) is 10.2. The summed E-state index contributed by atoms with van der Waals surface area (Å²) in [5.74, 6) is -1.08. The van der Waals surface area contributed by atoms with Gasteiger partial charge in [-0.3, -0.25) is 4.79 Å². The van der Waals surface area contributed by atoms with Gasteiger partial charge >= 0.3 is 12.3 Å². The molecule has 1 aromatic carbocycles. The number of carbonyl (C=O) groups excluding carboxylic acids is 1. The highest BCUT2D eigenvalue weighted by Crippen LogP contribution is 2.35. The van der Waals surface area contributed by atoms with Crippen molar-refractivity contribution >= 4 is 16.0 Å². The van der Waals surface area contributed by atoms with E-state index in [1.165, 1.54) is 35.7 Å². The lowest BCUT2D eigenvalue weighted by Gasteiger charge is -2.40. The van der Waals surface area contributed by atoms with Crippen molar-refractivity contribution < 1.29 is 45.3 Å². The Kier molecular flexibility index (Phi) is 7.69. The highest BCUT2D eigenvalue weighted by Gasteiger charge is 2.55. The van der Waals surface area contributed by atoms with Gasteiger partial charge in [0.25, 0.3) is 0 Å². The first-order chi connectivity index (χ1) is 15.1. The number of halogens is 3. The van der Waals surface area contributed by atoms with Crippen LogP contribution in [-0.2, 0) is 35.6 Å². The molecular formula is C20H26F3NO7S. The molecular weight excluding hydrogens is 455 g/mol. The molecule has 0 amide bonds. The molecule has 0 aromatic heterocycles. The number of nitrogens with zero attached hydrogens (tertiary/aromatic N) is 1. The number of hydrogen-bond donors (Lipinski definition) is 0. The first kappa shape index (κ1) is 24.7. The number of alkyl halides is 3. The molecule has 0 spiro atoms. The van der Waals surface area contributed by atoms with Crippen molar-refractivity contribution in [2.45, 2.75) is 49.5 Å². The van der Waals surface area contributed by atoms with Crippen LogP contribution in [0.15, 0.2) is 24.3 Å². The summed E-state index contributed by atoms with van der Waals surface area (Å²) in [5.41, 5.74) is 0.668. The van der Waals surface area contributed by atoms with Gasteiger partial charge in [0.1, 0.15) is 5.75 Å². The largest absolute Gasteiger partial charge is 0.573 e. The lowest BCUT2D eigenvalue weighted by molar-refractivity contribution is -0.274. The molecule has 12 heteroatoms. The van der Waals surface area contributed by atoms with Crippen LogP contribution in [0.5, 0.6) is 5.75 Å². The van der Waals surface area contributed by atoms with Crippen molar-refractivity contribution in [2.24, 2.45) is 0 Å². The average molecular weight is 481 g/mol. The second kappa shape index (κ2) is 9.94. The summed E-state index contributed by atoms with van der Waals surface area (Å²) in [6.07, 6.45) is -4.00. The van der Waals surface area contributed by atoms with E-state index >= 15 is 0 Å². The number of benzene rings is 1. The molecule has 0 saturated carbocycles. The number of sulfonamides is 1. The van der Waals surface area contributed by atoms with Crippen LogP contribution in [-0.4, -0.2) is 69.3 Å². The second-order valence-electron chi connectivity index (χ2n) is 7.70. The van der Waals surface area contributed by atoms with E-state index in [-0.39, 0.29) is 57.6 Å². The molecule has 1 aromatic rings. The van der Waals surface area contributed by atoms with Crippen molar-refractivity contribution in [3.8, 4) is 5.75 Å². The number of rotatable bonds is 7. The Balaban J connectivity index is 1.55. The highest BCUT2D eigenvalue weighted by molar-refractivity contribution is 7.91. The monoisotopic (exact) mass is 481 g/mol. The van der Waals surface area contributed by atoms with Crippen molar-refractivity contribution in [1.29, 1.82) is 0 Å². The van der Waals surface area contributed by atoms with Gasteiger partial charge in [0.05, 0.1) is 19.8 Å². The maximum absolute atomic E-state index is 13.3. The van der Waals surface area contributed by atoms with E-state index in [1.807, 2.05) is 0 Å². The summed E-state index contributed by atoms with van der Waals surface area (Å²) in [6.45, 7) is 0.907. The van der Waals surface area contributed by atoms with Crippen LogP contribution in [0.25, 0.3) is 0 Å². The average Bonchev–Trinajstić information content (AvgIpc) is 2.77. The molecule has 0 N–H and O–H groups in total. The molecule has 180 valence electrons. The molecule has 0 atom stereocenters. The Morgan fingerprint density at radius 3 is 2.28 bits per heavy atom. The number of hydrogen-bond acceptors (Lipinski definition) is 7. The number of piperidine rings is 1. The van der Waals surface area contributed by atoms with E-state index < -0.39 is 27.1 Å². The van der Waals surface area contributed by atoms with Gasteiger partial charge in [-0.15, -0.1) is 13.2 Å². The van der Waals surface area contributed by atoms with Gasteiger partial charge in [0.2, 0.25) is 10.0 Å². The van der Waals surface area contributed by atoms with E-state index in [9.17, 15) is 26.4 Å². The molecule has 2 heterocycles. The Hall–Kier alpha value is -1.89. The predicted octanol–water partition coefficient (Wildman–Crippen LogP) is 2.62. The summed E-state index contributed by atoms with van der Waals surface area (Å²) < 4.78 is 82.7. The normalized spacial score (nSPS) is 20.6. The smallest absolute Gasteiger partial charge is 0.468 e. The first-order valence-corrected chi connectivity index (χ1v) is 11.6. The van der Waals surface area contributed by atoms with E-state index in [4.69, 9.17) is 14.2 Å². The molecule has 0 aliphatic carbocycles. The van der Waals surface area contributed by atoms with Gasteiger partial charge in [-0.05, 0) is 30.5 Å². The van der Waals surface area contributed by atoms with Crippen LogP contribution in [0.2, 0.25) is 0 Å². The molecule has 2 aliphatic heterocycles. The Morgan fingerprint density at radius 1 is 1.16 bits per heavy atom. The topological polar surface area (TPSA) is 91.4 Å². The Bertz CT molecular complexity index is 875. The summed E-state index contributed by atoms with van der Waals surface area (Å²) >= 11 is 0. The number of esters is 1.